The van der Waals surface area contributed by atoms with Crippen LogP contribution in [0.25, 0.3) is 0 Å². The number of rotatable bonds is 4. The highest BCUT2D eigenvalue weighted by atomic mass is 35.5. The molecule has 2 heterocycles. The second-order valence-corrected chi connectivity index (χ2v) is 6.15. The summed E-state index contributed by atoms with van der Waals surface area (Å²) in [7, 11) is 0. The van der Waals surface area contributed by atoms with Gasteiger partial charge in [-0.25, -0.2) is 4.98 Å². The van der Waals surface area contributed by atoms with Gasteiger partial charge >= 0.3 is 0 Å². The van der Waals surface area contributed by atoms with Crippen LogP contribution in [-0.2, 0) is 21.5 Å². The predicted octanol–water partition coefficient (Wildman–Crippen LogP) is 1.52. The highest BCUT2D eigenvalue weighted by molar-refractivity contribution is 5.85. The molecule has 1 saturated heterocycles. The summed E-state index contributed by atoms with van der Waals surface area (Å²) in [5.74, 6) is 1.19. The molecule has 0 aromatic carbocycles. The molecule has 6 nitrogen and oxygen atoms in total. The number of nitrogens with one attached hydrogen (secondary N) is 1. The molecule has 7 heteroatoms. The Bertz CT molecular complexity index is 470. The summed E-state index contributed by atoms with van der Waals surface area (Å²) in [4.78, 5) is 16.1. The van der Waals surface area contributed by atoms with E-state index in [9.17, 15) is 4.79 Å². The predicted molar refractivity (Wildman–Crippen MR) is 81.2 cm³/mol. The van der Waals surface area contributed by atoms with Gasteiger partial charge in [0.15, 0.2) is 0 Å². The van der Waals surface area contributed by atoms with Crippen LogP contribution in [0.4, 0.5) is 0 Å². The molecule has 0 bridgehead atoms. The zero-order valence-corrected chi connectivity index (χ0v) is 13.5. The van der Waals surface area contributed by atoms with E-state index in [0.717, 1.165) is 12.2 Å². The van der Waals surface area contributed by atoms with Gasteiger partial charge in [0.25, 0.3) is 0 Å². The second-order valence-electron chi connectivity index (χ2n) is 6.15. The van der Waals surface area contributed by atoms with Gasteiger partial charge in [-0.15, -0.1) is 12.4 Å². The molecule has 0 unspecified atom stereocenters. The number of carbonyl (C=O) groups is 1. The first-order valence-corrected chi connectivity index (χ1v) is 6.98. The summed E-state index contributed by atoms with van der Waals surface area (Å²) in [5, 5.41) is 2.79. The smallest absolute Gasteiger partial charge is 0.249 e. The lowest BCUT2D eigenvalue weighted by atomic mass is 9.94. The van der Waals surface area contributed by atoms with Crippen LogP contribution < -0.4 is 11.1 Å². The minimum absolute atomic E-state index is 0. The molecule has 0 aliphatic carbocycles. The third-order valence-corrected chi connectivity index (χ3v) is 3.37. The Balaban J connectivity index is 0.00000220. The van der Waals surface area contributed by atoms with Gasteiger partial charge in [-0.05, 0) is 12.8 Å². The molecule has 1 aromatic heterocycles. The van der Waals surface area contributed by atoms with Gasteiger partial charge in [-0.2, -0.15) is 0 Å². The van der Waals surface area contributed by atoms with Gasteiger partial charge in [-0.1, -0.05) is 20.8 Å². The standard InChI is InChI=1S/C14H23N3O3.ClH/c1-14(2,3)11-7-16-12(20-11)8-17-13(18)10-5-4-9(6-15)19-10;/h7,9-10H,4-6,8,15H2,1-3H3,(H,17,18);1H/t9-,10+;/m1./s1. The van der Waals surface area contributed by atoms with Crippen molar-refractivity contribution in [2.75, 3.05) is 6.54 Å². The molecule has 2 rings (SSSR count). The number of carbonyl (C=O) groups excluding carboxylic acids is 1. The number of oxazole rings is 1. The van der Waals surface area contributed by atoms with Gasteiger partial charge in [0, 0.05) is 12.0 Å². The van der Waals surface area contributed by atoms with Crippen LogP contribution in [0.1, 0.15) is 45.3 Å². The quantitative estimate of drug-likeness (QED) is 0.878. The van der Waals surface area contributed by atoms with Crippen molar-refractivity contribution >= 4 is 18.3 Å². The third-order valence-electron chi connectivity index (χ3n) is 3.37. The van der Waals surface area contributed by atoms with E-state index in [0.29, 0.717) is 18.9 Å². The fraction of sp³-hybridized carbons (Fsp3) is 0.714. The molecule has 3 N–H and O–H groups in total. The second kappa shape index (κ2) is 7.24. The highest BCUT2D eigenvalue weighted by Gasteiger charge is 2.29. The van der Waals surface area contributed by atoms with Crippen molar-refractivity contribution in [2.24, 2.45) is 5.73 Å². The molecule has 0 saturated carbocycles. The lowest BCUT2D eigenvalue weighted by Gasteiger charge is -2.13. The SMILES string of the molecule is CC(C)(C)c1cnc(CNC(=O)[C@@H]2CC[C@H](CN)O2)o1.Cl. The maximum Gasteiger partial charge on any atom is 0.249 e. The Hall–Kier alpha value is -1.11. The molecule has 2 atom stereocenters. The van der Waals surface area contributed by atoms with Gasteiger partial charge in [-0.3, -0.25) is 4.79 Å². The summed E-state index contributed by atoms with van der Waals surface area (Å²) in [6, 6.07) is 0. The lowest BCUT2D eigenvalue weighted by Crippen LogP contribution is -2.35. The van der Waals surface area contributed by atoms with E-state index in [1.165, 1.54) is 0 Å². The first-order valence-electron chi connectivity index (χ1n) is 6.98. The average Bonchev–Trinajstić information content (AvgIpc) is 3.04. The Morgan fingerprint density at radius 2 is 2.19 bits per heavy atom. The minimum atomic E-state index is -0.402. The van der Waals surface area contributed by atoms with Gasteiger partial charge in [0.05, 0.1) is 18.8 Å². The Kier molecular flexibility index (Phi) is 6.19. The van der Waals surface area contributed by atoms with Crippen LogP contribution in [-0.4, -0.2) is 29.6 Å². The monoisotopic (exact) mass is 317 g/mol. The fourth-order valence-electron chi connectivity index (χ4n) is 2.09. The molecule has 1 amide bonds. The third kappa shape index (κ3) is 4.69. The van der Waals surface area contributed by atoms with Crippen molar-refractivity contribution in [2.45, 2.75) is 57.8 Å². The maximum atomic E-state index is 11.9. The average molecular weight is 318 g/mol. The van der Waals surface area contributed by atoms with Crippen LogP contribution >= 0.6 is 12.4 Å². The number of hydrogen-bond donors (Lipinski definition) is 2. The van der Waals surface area contributed by atoms with Crippen LogP contribution in [0.3, 0.4) is 0 Å². The Morgan fingerprint density at radius 3 is 2.71 bits per heavy atom. The van der Waals surface area contributed by atoms with E-state index in [4.69, 9.17) is 14.9 Å². The first-order chi connectivity index (χ1) is 9.40. The summed E-state index contributed by atoms with van der Waals surface area (Å²) in [6.45, 7) is 6.89. The minimum Gasteiger partial charge on any atom is -0.443 e. The van der Waals surface area contributed by atoms with Crippen LogP contribution in [0.15, 0.2) is 10.6 Å². The van der Waals surface area contributed by atoms with E-state index in [1.807, 2.05) is 0 Å². The van der Waals surface area contributed by atoms with Crippen LogP contribution in [0, 0.1) is 0 Å². The number of aromatic nitrogens is 1. The van der Waals surface area contributed by atoms with Crippen molar-refractivity contribution in [3.8, 4) is 0 Å². The van der Waals surface area contributed by atoms with Crippen molar-refractivity contribution in [3.63, 3.8) is 0 Å². The molecule has 1 aliphatic heterocycles. The van der Waals surface area contributed by atoms with Gasteiger partial charge < -0.3 is 20.2 Å². The molecule has 1 aromatic rings. The number of nitrogens with zero attached hydrogens (tertiary/aromatic N) is 1. The number of hydrogen-bond acceptors (Lipinski definition) is 5. The van der Waals surface area contributed by atoms with Crippen molar-refractivity contribution in [1.82, 2.24) is 10.3 Å². The van der Waals surface area contributed by atoms with E-state index in [-0.39, 0.29) is 36.4 Å². The zero-order chi connectivity index (χ0) is 14.8. The van der Waals surface area contributed by atoms with E-state index in [1.54, 1.807) is 6.20 Å². The Labute approximate surface area is 131 Å². The largest absolute Gasteiger partial charge is 0.443 e. The first kappa shape index (κ1) is 17.9. The Morgan fingerprint density at radius 1 is 1.48 bits per heavy atom. The molecule has 120 valence electrons. The van der Waals surface area contributed by atoms with Crippen LogP contribution in [0.5, 0.6) is 0 Å². The summed E-state index contributed by atoms with van der Waals surface area (Å²) >= 11 is 0. The summed E-state index contributed by atoms with van der Waals surface area (Å²) < 4.78 is 11.1. The molecule has 0 radical (unpaired) electrons. The van der Waals surface area contributed by atoms with Crippen molar-refractivity contribution in [1.29, 1.82) is 0 Å². The number of ether oxygens (including phenoxy) is 1. The molecule has 0 spiro atoms. The zero-order valence-electron chi connectivity index (χ0n) is 12.7. The van der Waals surface area contributed by atoms with E-state index < -0.39 is 6.10 Å². The van der Waals surface area contributed by atoms with Gasteiger partial charge in [0.2, 0.25) is 11.8 Å². The number of amides is 1. The maximum absolute atomic E-state index is 11.9. The van der Waals surface area contributed by atoms with E-state index in [2.05, 4.69) is 31.1 Å². The van der Waals surface area contributed by atoms with Crippen LogP contribution in [0.2, 0.25) is 0 Å². The fourth-order valence-corrected chi connectivity index (χ4v) is 2.09. The van der Waals surface area contributed by atoms with Gasteiger partial charge in [0.1, 0.15) is 11.9 Å². The highest BCUT2D eigenvalue weighted by Crippen LogP contribution is 2.23. The van der Waals surface area contributed by atoms with Crippen molar-refractivity contribution in [3.05, 3.63) is 17.8 Å². The van der Waals surface area contributed by atoms with E-state index >= 15 is 0 Å². The topological polar surface area (TPSA) is 90.4 Å². The lowest BCUT2D eigenvalue weighted by molar-refractivity contribution is -0.132. The summed E-state index contributed by atoms with van der Waals surface area (Å²) in [5.41, 5.74) is 5.44. The normalized spacial score (nSPS) is 21.9. The number of nitrogens with two attached hydrogens (primary N) is 1. The molecule has 1 fully saturated rings. The molecule has 21 heavy (non-hydrogen) atoms. The molecule has 1 aliphatic rings. The number of halogens is 1. The molecular formula is C14H24ClN3O3. The molecular weight excluding hydrogens is 294 g/mol. The van der Waals surface area contributed by atoms with Crippen molar-refractivity contribution < 1.29 is 13.9 Å². The summed E-state index contributed by atoms with van der Waals surface area (Å²) in [6.07, 6.45) is 2.85.